The summed E-state index contributed by atoms with van der Waals surface area (Å²) in [7, 11) is 0. The van der Waals surface area contributed by atoms with Gasteiger partial charge in [0.1, 0.15) is 0 Å². The van der Waals surface area contributed by atoms with Crippen LogP contribution < -0.4 is 4.90 Å². The van der Waals surface area contributed by atoms with Crippen LogP contribution in [0.3, 0.4) is 0 Å². The summed E-state index contributed by atoms with van der Waals surface area (Å²) >= 11 is 6.53. The van der Waals surface area contributed by atoms with Crippen molar-refractivity contribution in [1.82, 2.24) is 0 Å². The molecule has 0 radical (unpaired) electrons. The molecule has 3 heteroatoms. The van der Waals surface area contributed by atoms with E-state index in [-0.39, 0.29) is 11.3 Å². The molecule has 0 fully saturated rings. The largest absolute Gasteiger partial charge is 0.337 e. The van der Waals surface area contributed by atoms with Gasteiger partial charge in [-0.3, -0.25) is 4.99 Å². The zero-order valence-corrected chi connectivity index (χ0v) is 22.1. The number of aliphatic imine (C=N–C) groups is 1. The summed E-state index contributed by atoms with van der Waals surface area (Å²) in [4.78, 5) is 6.95. The first-order valence-electron chi connectivity index (χ1n) is 13.1. The third-order valence-corrected chi connectivity index (χ3v) is 8.66. The van der Waals surface area contributed by atoms with Crippen molar-refractivity contribution < 1.29 is 0 Å². The van der Waals surface area contributed by atoms with Gasteiger partial charge in [-0.15, -0.1) is 0 Å². The Morgan fingerprint density at radius 1 is 0.917 bits per heavy atom. The number of hydrogen-bond acceptors (Lipinski definition) is 2. The topological polar surface area (TPSA) is 15.6 Å². The highest BCUT2D eigenvalue weighted by molar-refractivity contribution is 6.30. The monoisotopic (exact) mass is 492 g/mol. The van der Waals surface area contributed by atoms with E-state index in [0.29, 0.717) is 0 Å². The average Bonchev–Trinajstić information content (AvgIpc) is 3.15. The molecule has 0 spiro atoms. The van der Waals surface area contributed by atoms with Crippen LogP contribution in [0.2, 0.25) is 0 Å². The molecule has 1 aliphatic heterocycles. The molecule has 2 nitrogen and oxygen atoms in total. The van der Waals surface area contributed by atoms with Crippen molar-refractivity contribution in [2.24, 2.45) is 10.4 Å². The second kappa shape index (κ2) is 9.09. The van der Waals surface area contributed by atoms with E-state index in [9.17, 15) is 0 Å². The lowest BCUT2D eigenvalue weighted by molar-refractivity contribution is 0.503. The second-order valence-electron chi connectivity index (χ2n) is 10.9. The van der Waals surface area contributed by atoms with Gasteiger partial charge in [-0.1, -0.05) is 79.9 Å². The number of benzene rings is 2. The summed E-state index contributed by atoms with van der Waals surface area (Å²) < 4.78 is 0. The molecule has 0 aromatic heterocycles. The van der Waals surface area contributed by atoms with Crippen molar-refractivity contribution in [2.45, 2.75) is 52.4 Å². The van der Waals surface area contributed by atoms with Crippen molar-refractivity contribution in [3.63, 3.8) is 0 Å². The molecule has 2 aromatic rings. The van der Waals surface area contributed by atoms with E-state index >= 15 is 0 Å². The van der Waals surface area contributed by atoms with E-state index in [4.69, 9.17) is 11.6 Å². The highest BCUT2D eigenvalue weighted by atomic mass is 35.5. The maximum Gasteiger partial charge on any atom is 0.0458 e. The third kappa shape index (κ3) is 3.92. The van der Waals surface area contributed by atoms with Crippen LogP contribution in [0.4, 0.5) is 11.4 Å². The zero-order valence-electron chi connectivity index (χ0n) is 21.4. The van der Waals surface area contributed by atoms with Gasteiger partial charge in [0.25, 0.3) is 0 Å². The first-order valence-corrected chi connectivity index (χ1v) is 13.5. The number of hydrogen-bond donors (Lipinski definition) is 0. The molecule has 3 aliphatic carbocycles. The van der Waals surface area contributed by atoms with Crippen LogP contribution in [0.15, 0.2) is 105 Å². The smallest absolute Gasteiger partial charge is 0.0458 e. The van der Waals surface area contributed by atoms with Gasteiger partial charge in [0.2, 0.25) is 0 Å². The highest BCUT2D eigenvalue weighted by Crippen LogP contribution is 2.56. The molecule has 0 bridgehead atoms. The molecule has 1 atom stereocenters. The van der Waals surface area contributed by atoms with Crippen LogP contribution in [-0.2, 0) is 0 Å². The van der Waals surface area contributed by atoms with Crippen molar-refractivity contribution in [1.29, 1.82) is 0 Å². The van der Waals surface area contributed by atoms with E-state index < -0.39 is 0 Å². The van der Waals surface area contributed by atoms with Crippen molar-refractivity contribution >= 4 is 34.8 Å². The molecule has 4 aliphatic rings. The molecule has 0 saturated heterocycles. The molecule has 2 aromatic carbocycles. The number of halogens is 1. The maximum absolute atomic E-state index is 6.53. The summed E-state index contributed by atoms with van der Waals surface area (Å²) in [6.07, 6.45) is 15.0. The normalized spacial score (nSPS) is 24.6. The predicted molar refractivity (Wildman–Crippen MR) is 154 cm³/mol. The van der Waals surface area contributed by atoms with E-state index in [0.717, 1.165) is 37.3 Å². The van der Waals surface area contributed by atoms with Crippen LogP contribution in [0.25, 0.3) is 5.57 Å². The molecule has 6 rings (SSSR count). The van der Waals surface area contributed by atoms with Crippen LogP contribution >= 0.6 is 11.6 Å². The van der Waals surface area contributed by atoms with Gasteiger partial charge < -0.3 is 4.90 Å². The first-order chi connectivity index (χ1) is 17.4. The number of nitrogens with zero attached hydrogens (tertiary/aromatic N) is 2. The molecule has 0 N–H and O–H groups in total. The fourth-order valence-electron chi connectivity index (χ4n) is 6.40. The molecule has 0 saturated carbocycles. The standard InChI is InChI=1S/C33H33ClN2/c1-22-21-35-16-7-17-36(26-8-5-4-6-9-26)32-19-24(10-13-27(22)32)23-11-14-30-28(18-23)29-20-25(34)12-15-31(29)33(30,2)3/h4-10,13,16,18-22H,11-12,14-15,17H2,1-3H3/b16-7-,35-21-. The minimum Gasteiger partial charge on any atom is -0.337 e. The van der Waals surface area contributed by atoms with E-state index in [1.165, 1.54) is 39.2 Å². The fraction of sp³-hybridized carbons (Fsp3) is 0.303. The minimum atomic E-state index is 0.135. The molecule has 0 amide bonds. The third-order valence-electron chi connectivity index (χ3n) is 8.37. The van der Waals surface area contributed by atoms with Crippen LogP contribution in [0, 0.1) is 5.41 Å². The predicted octanol–water partition coefficient (Wildman–Crippen LogP) is 9.25. The van der Waals surface area contributed by atoms with E-state index in [1.807, 2.05) is 12.4 Å². The summed E-state index contributed by atoms with van der Waals surface area (Å²) in [5.41, 5.74) is 12.6. The van der Waals surface area contributed by atoms with Gasteiger partial charge in [-0.2, -0.15) is 0 Å². The van der Waals surface area contributed by atoms with Crippen molar-refractivity contribution in [3.8, 4) is 0 Å². The Kier molecular flexibility index (Phi) is 5.88. The molecular formula is C33H33ClN2. The highest BCUT2D eigenvalue weighted by Gasteiger charge is 2.40. The molecule has 1 heterocycles. The van der Waals surface area contributed by atoms with E-state index in [1.54, 1.807) is 11.1 Å². The zero-order chi connectivity index (χ0) is 24.9. The van der Waals surface area contributed by atoms with Gasteiger partial charge >= 0.3 is 0 Å². The Morgan fingerprint density at radius 3 is 2.47 bits per heavy atom. The second-order valence-corrected chi connectivity index (χ2v) is 11.3. The van der Waals surface area contributed by atoms with Crippen molar-refractivity contribution in [3.05, 3.63) is 111 Å². The molecule has 1 unspecified atom stereocenters. The quantitative estimate of drug-likeness (QED) is 0.407. The Bertz CT molecular complexity index is 1400. The summed E-state index contributed by atoms with van der Waals surface area (Å²) in [6, 6.07) is 17.7. The Labute approximate surface area is 220 Å². The van der Waals surface area contributed by atoms with Gasteiger partial charge in [0.05, 0.1) is 0 Å². The number of allylic oxidation sites excluding steroid dienone is 8. The van der Waals surface area contributed by atoms with Crippen LogP contribution in [0.5, 0.6) is 0 Å². The lowest BCUT2D eigenvalue weighted by Gasteiger charge is -2.30. The minimum absolute atomic E-state index is 0.135. The summed E-state index contributed by atoms with van der Waals surface area (Å²) in [6.45, 7) is 7.82. The van der Waals surface area contributed by atoms with Crippen LogP contribution in [-0.4, -0.2) is 12.8 Å². The maximum atomic E-state index is 6.53. The molecule has 36 heavy (non-hydrogen) atoms. The van der Waals surface area contributed by atoms with Crippen LogP contribution in [0.1, 0.15) is 63.5 Å². The molecular weight excluding hydrogens is 460 g/mol. The summed E-state index contributed by atoms with van der Waals surface area (Å²) in [5, 5.41) is 0.984. The van der Waals surface area contributed by atoms with Gasteiger partial charge in [0.15, 0.2) is 0 Å². The van der Waals surface area contributed by atoms with Gasteiger partial charge in [-0.25, -0.2) is 0 Å². The average molecular weight is 493 g/mol. The Balaban J connectivity index is 1.46. The Hall–Kier alpha value is -3.10. The lowest BCUT2D eigenvalue weighted by Crippen LogP contribution is -2.19. The first kappa shape index (κ1) is 23.3. The van der Waals surface area contributed by atoms with Gasteiger partial charge in [0, 0.05) is 46.7 Å². The molecule has 182 valence electrons. The number of anilines is 2. The number of fused-ring (bicyclic) bond motifs is 2. The van der Waals surface area contributed by atoms with Crippen molar-refractivity contribution in [2.75, 3.05) is 11.4 Å². The van der Waals surface area contributed by atoms with Gasteiger partial charge in [-0.05, 0) is 83.9 Å². The number of para-hydroxylation sites is 1. The number of rotatable bonds is 2. The summed E-state index contributed by atoms with van der Waals surface area (Å²) in [5.74, 6) is 0.232. The van der Waals surface area contributed by atoms with E-state index in [2.05, 4.69) is 97.4 Å². The SMILES string of the molecule is CC1/C=N\C=C/CN(c2ccccc2)c2cc(C3=CC4=C(CC3)C(C)(C)C3=C4C=C(Cl)CC3)ccc21. The fourth-order valence-corrected chi connectivity index (χ4v) is 6.60. The lowest BCUT2D eigenvalue weighted by atomic mass is 9.74. The Morgan fingerprint density at radius 2 is 1.67 bits per heavy atom.